The average Bonchev–Trinajstić information content (AvgIpc) is 3.00. The predicted molar refractivity (Wildman–Crippen MR) is 99.6 cm³/mol. The molecule has 0 saturated carbocycles. The highest BCUT2D eigenvalue weighted by atomic mass is 16.5. The van der Waals surface area contributed by atoms with Crippen molar-refractivity contribution in [2.24, 2.45) is 5.92 Å². The molecule has 0 N–H and O–H groups in total. The summed E-state index contributed by atoms with van der Waals surface area (Å²) in [4.78, 5) is 26.6. The fourth-order valence-corrected chi connectivity index (χ4v) is 3.16. The van der Waals surface area contributed by atoms with Crippen molar-refractivity contribution in [1.82, 2.24) is 0 Å². The van der Waals surface area contributed by atoms with E-state index in [0.717, 1.165) is 11.1 Å². The summed E-state index contributed by atoms with van der Waals surface area (Å²) < 4.78 is 11.2. The van der Waals surface area contributed by atoms with Gasteiger partial charge in [0.25, 0.3) is 0 Å². The van der Waals surface area contributed by atoms with Crippen LogP contribution in [-0.2, 0) is 9.59 Å². The minimum absolute atomic E-state index is 0.0975. The van der Waals surface area contributed by atoms with Crippen LogP contribution >= 0.6 is 0 Å². The molecule has 0 radical (unpaired) electrons. The SMILES string of the molecule is CCOc1ccccc1N1CC(C(=O)Oc2ccc(C)cc2C)CC1=O. The number of ether oxygens (including phenoxy) is 2. The average molecular weight is 353 g/mol. The molecule has 26 heavy (non-hydrogen) atoms. The van der Waals surface area contributed by atoms with Crippen LogP contribution < -0.4 is 14.4 Å². The van der Waals surface area contributed by atoms with Crippen molar-refractivity contribution >= 4 is 17.6 Å². The maximum Gasteiger partial charge on any atom is 0.316 e. The van der Waals surface area contributed by atoms with Gasteiger partial charge in [0.2, 0.25) is 5.91 Å². The Hall–Kier alpha value is -2.82. The van der Waals surface area contributed by atoms with Gasteiger partial charge in [-0.3, -0.25) is 9.59 Å². The van der Waals surface area contributed by atoms with Gasteiger partial charge < -0.3 is 14.4 Å². The van der Waals surface area contributed by atoms with E-state index in [9.17, 15) is 9.59 Å². The molecule has 1 aliphatic heterocycles. The van der Waals surface area contributed by atoms with Crippen LogP contribution in [0.25, 0.3) is 0 Å². The molecule has 1 atom stereocenters. The fraction of sp³-hybridized carbons (Fsp3) is 0.333. The van der Waals surface area contributed by atoms with E-state index in [1.54, 1.807) is 11.0 Å². The second-order valence-corrected chi connectivity index (χ2v) is 6.50. The zero-order valence-electron chi connectivity index (χ0n) is 15.3. The number of carbonyl (C=O) groups is 2. The van der Waals surface area contributed by atoms with Crippen molar-refractivity contribution < 1.29 is 19.1 Å². The Bertz CT molecular complexity index is 831. The molecule has 1 heterocycles. The number of rotatable bonds is 5. The van der Waals surface area contributed by atoms with Gasteiger partial charge in [-0.1, -0.05) is 29.8 Å². The van der Waals surface area contributed by atoms with E-state index >= 15 is 0 Å². The lowest BCUT2D eigenvalue weighted by atomic mass is 10.1. The first kappa shape index (κ1) is 18.0. The van der Waals surface area contributed by atoms with E-state index in [2.05, 4.69) is 0 Å². The number of para-hydroxylation sites is 2. The van der Waals surface area contributed by atoms with Crippen molar-refractivity contribution in [3.05, 3.63) is 53.6 Å². The molecule has 5 heteroatoms. The number of hydrogen-bond acceptors (Lipinski definition) is 4. The van der Waals surface area contributed by atoms with E-state index < -0.39 is 5.92 Å². The summed E-state index contributed by atoms with van der Waals surface area (Å²) in [5.41, 5.74) is 2.71. The molecule has 0 aliphatic carbocycles. The first-order valence-electron chi connectivity index (χ1n) is 8.80. The van der Waals surface area contributed by atoms with E-state index in [4.69, 9.17) is 9.47 Å². The van der Waals surface area contributed by atoms with Crippen LogP contribution in [0.4, 0.5) is 5.69 Å². The van der Waals surface area contributed by atoms with Crippen molar-refractivity contribution in [3.8, 4) is 11.5 Å². The van der Waals surface area contributed by atoms with E-state index in [0.29, 0.717) is 30.3 Å². The molecule has 136 valence electrons. The molecule has 0 bridgehead atoms. The van der Waals surface area contributed by atoms with E-state index in [1.165, 1.54) is 0 Å². The molecule has 1 aliphatic rings. The van der Waals surface area contributed by atoms with Gasteiger partial charge in [-0.25, -0.2) is 0 Å². The van der Waals surface area contributed by atoms with E-state index in [-0.39, 0.29) is 18.3 Å². The van der Waals surface area contributed by atoms with Gasteiger partial charge in [0.1, 0.15) is 11.5 Å². The summed E-state index contributed by atoms with van der Waals surface area (Å²) in [6.45, 7) is 6.60. The van der Waals surface area contributed by atoms with Crippen molar-refractivity contribution in [1.29, 1.82) is 0 Å². The van der Waals surface area contributed by atoms with Crippen LogP contribution in [0.15, 0.2) is 42.5 Å². The van der Waals surface area contributed by atoms with Gasteiger partial charge in [0, 0.05) is 13.0 Å². The molecule has 0 aromatic heterocycles. The highest BCUT2D eigenvalue weighted by Crippen LogP contribution is 2.33. The minimum atomic E-state index is -0.488. The summed E-state index contributed by atoms with van der Waals surface area (Å²) in [5.74, 6) is 0.229. The highest BCUT2D eigenvalue weighted by Gasteiger charge is 2.37. The normalized spacial score (nSPS) is 16.7. The number of nitrogens with zero attached hydrogens (tertiary/aromatic N) is 1. The number of esters is 1. The van der Waals surface area contributed by atoms with Gasteiger partial charge in [0.15, 0.2) is 0 Å². The summed E-state index contributed by atoms with van der Waals surface area (Å²) in [6, 6.07) is 13.0. The monoisotopic (exact) mass is 353 g/mol. The van der Waals surface area contributed by atoms with Crippen LogP contribution in [0.5, 0.6) is 11.5 Å². The maximum absolute atomic E-state index is 12.6. The third kappa shape index (κ3) is 3.72. The second kappa shape index (κ2) is 7.60. The van der Waals surface area contributed by atoms with Crippen molar-refractivity contribution in [2.75, 3.05) is 18.1 Å². The minimum Gasteiger partial charge on any atom is -0.492 e. The number of carbonyl (C=O) groups excluding carboxylic acids is 2. The summed E-state index contributed by atoms with van der Waals surface area (Å²) >= 11 is 0. The lowest BCUT2D eigenvalue weighted by Gasteiger charge is -2.20. The predicted octanol–water partition coefficient (Wildman–Crippen LogP) is 3.66. The second-order valence-electron chi connectivity index (χ2n) is 6.50. The number of amides is 1. The van der Waals surface area contributed by atoms with Gasteiger partial charge in [-0.2, -0.15) is 0 Å². The highest BCUT2D eigenvalue weighted by molar-refractivity contribution is 6.00. The van der Waals surface area contributed by atoms with Crippen LogP contribution in [-0.4, -0.2) is 25.0 Å². The molecule has 3 rings (SSSR count). The van der Waals surface area contributed by atoms with Gasteiger partial charge in [-0.15, -0.1) is 0 Å². The number of hydrogen-bond donors (Lipinski definition) is 0. The first-order valence-corrected chi connectivity index (χ1v) is 8.80. The number of aryl methyl sites for hydroxylation is 2. The zero-order chi connectivity index (χ0) is 18.7. The number of benzene rings is 2. The first-order chi connectivity index (χ1) is 12.5. The fourth-order valence-electron chi connectivity index (χ4n) is 3.16. The molecule has 1 unspecified atom stereocenters. The van der Waals surface area contributed by atoms with Crippen LogP contribution in [0, 0.1) is 19.8 Å². The number of anilines is 1. The molecule has 0 spiro atoms. The molecule has 1 amide bonds. The standard InChI is InChI=1S/C21H23NO4/c1-4-25-19-8-6-5-7-17(19)22-13-16(12-20(22)23)21(24)26-18-10-9-14(2)11-15(18)3/h5-11,16H,4,12-13H2,1-3H3. The van der Waals surface area contributed by atoms with Crippen LogP contribution in [0.3, 0.4) is 0 Å². The summed E-state index contributed by atoms with van der Waals surface area (Å²) in [5, 5.41) is 0. The van der Waals surface area contributed by atoms with Gasteiger partial charge in [0.05, 0.1) is 18.2 Å². The Morgan fingerprint density at radius 1 is 1.15 bits per heavy atom. The molecule has 2 aromatic rings. The molecule has 1 saturated heterocycles. The van der Waals surface area contributed by atoms with Crippen molar-refractivity contribution in [2.45, 2.75) is 27.2 Å². The molecular weight excluding hydrogens is 330 g/mol. The van der Waals surface area contributed by atoms with Gasteiger partial charge >= 0.3 is 5.97 Å². The lowest BCUT2D eigenvalue weighted by molar-refractivity contribution is -0.139. The maximum atomic E-state index is 12.6. The van der Waals surface area contributed by atoms with Crippen LogP contribution in [0.2, 0.25) is 0 Å². The quantitative estimate of drug-likeness (QED) is 0.608. The third-order valence-electron chi connectivity index (χ3n) is 4.46. The molecule has 2 aromatic carbocycles. The Balaban J connectivity index is 1.74. The Labute approximate surface area is 153 Å². The van der Waals surface area contributed by atoms with Gasteiger partial charge in [-0.05, 0) is 44.5 Å². The zero-order valence-corrected chi connectivity index (χ0v) is 15.3. The largest absolute Gasteiger partial charge is 0.492 e. The molecule has 1 fully saturated rings. The van der Waals surface area contributed by atoms with E-state index in [1.807, 2.05) is 57.2 Å². The Morgan fingerprint density at radius 3 is 2.65 bits per heavy atom. The summed E-state index contributed by atoms with van der Waals surface area (Å²) in [7, 11) is 0. The molecular formula is C21H23NO4. The lowest BCUT2D eigenvalue weighted by Crippen LogP contribution is -2.27. The topological polar surface area (TPSA) is 55.8 Å². The third-order valence-corrected chi connectivity index (χ3v) is 4.46. The van der Waals surface area contributed by atoms with Crippen molar-refractivity contribution in [3.63, 3.8) is 0 Å². The smallest absolute Gasteiger partial charge is 0.316 e. The Kier molecular flexibility index (Phi) is 5.26. The Morgan fingerprint density at radius 2 is 1.92 bits per heavy atom. The van der Waals surface area contributed by atoms with Crippen LogP contribution in [0.1, 0.15) is 24.5 Å². The summed E-state index contributed by atoms with van der Waals surface area (Å²) in [6.07, 6.45) is 0.143. The molecule has 5 nitrogen and oxygen atoms in total.